The zero-order valence-electron chi connectivity index (χ0n) is 9.64. The average molecular weight is 306 g/mol. The minimum Gasteiger partial charge on any atom is -0.380 e. The van der Waals surface area contributed by atoms with Gasteiger partial charge in [0.05, 0.1) is 6.61 Å². The van der Waals surface area contributed by atoms with Crippen molar-refractivity contribution in [2.45, 2.75) is 38.3 Å². The highest BCUT2D eigenvalue weighted by Gasteiger charge is 2.83. The first kappa shape index (κ1) is 18.3. The van der Waals surface area contributed by atoms with Crippen molar-refractivity contribution >= 4 is 0 Å². The van der Waals surface area contributed by atoms with Crippen molar-refractivity contribution in [1.29, 1.82) is 0 Å². The molecule has 0 aliphatic carbocycles. The van der Waals surface area contributed by atoms with Gasteiger partial charge in [-0.3, -0.25) is 0 Å². The molecule has 0 atom stereocenters. The fourth-order valence-corrected chi connectivity index (χ4v) is 1.20. The van der Waals surface area contributed by atoms with Crippen LogP contribution in [0.15, 0.2) is 0 Å². The molecule has 0 unspecified atom stereocenters. The highest BCUT2D eigenvalue weighted by Crippen LogP contribution is 2.59. The van der Waals surface area contributed by atoms with Gasteiger partial charge in [-0.05, 0) is 6.42 Å². The molecule has 19 heavy (non-hydrogen) atoms. The fourth-order valence-electron chi connectivity index (χ4n) is 1.20. The summed E-state index contributed by atoms with van der Waals surface area (Å²) in [5.41, 5.74) is -5.86. The summed E-state index contributed by atoms with van der Waals surface area (Å²) >= 11 is 0. The highest BCUT2D eigenvalue weighted by molar-refractivity contribution is 4.99. The third-order valence-corrected chi connectivity index (χ3v) is 2.41. The molecule has 0 bridgehead atoms. The molecule has 116 valence electrons. The second-order valence-corrected chi connectivity index (χ2v) is 3.80. The Kier molecular flexibility index (Phi) is 5.56. The number of halogens is 9. The smallest absolute Gasteiger partial charge is 0.380 e. The molecule has 0 rings (SSSR count). The second kappa shape index (κ2) is 5.76. The number of rotatable bonds is 5. The van der Waals surface area contributed by atoms with Gasteiger partial charge in [-0.25, -0.2) is 0 Å². The van der Waals surface area contributed by atoms with Crippen LogP contribution in [0, 0.1) is 5.41 Å². The Balaban J connectivity index is 5.44. The van der Waals surface area contributed by atoms with Crippen LogP contribution >= 0.6 is 0 Å². The molecule has 0 saturated heterocycles. The average Bonchev–Trinajstić information content (AvgIpc) is 2.10. The summed E-state index contributed by atoms with van der Waals surface area (Å²) in [7, 11) is 0. The SMILES string of the molecule is CCCCOCC(C(F)(F)F)(C(F)(F)F)C(F)(F)F. The number of alkyl halides is 9. The van der Waals surface area contributed by atoms with E-state index in [0.29, 0.717) is 6.42 Å². The lowest BCUT2D eigenvalue weighted by Gasteiger charge is -2.38. The van der Waals surface area contributed by atoms with Gasteiger partial charge in [0.25, 0.3) is 5.41 Å². The molecule has 0 aromatic heterocycles. The maximum Gasteiger partial charge on any atom is 0.414 e. The Labute approximate surface area is 102 Å². The molecule has 1 nitrogen and oxygen atoms in total. The van der Waals surface area contributed by atoms with Gasteiger partial charge in [-0.1, -0.05) is 13.3 Å². The van der Waals surface area contributed by atoms with Crippen LogP contribution in [0.2, 0.25) is 0 Å². The van der Waals surface area contributed by atoms with Gasteiger partial charge >= 0.3 is 18.5 Å². The molecular weight excluding hydrogens is 295 g/mol. The molecule has 0 spiro atoms. The van der Waals surface area contributed by atoms with Gasteiger partial charge < -0.3 is 4.74 Å². The molecule has 0 aromatic carbocycles. The lowest BCUT2D eigenvalue weighted by atomic mass is 9.86. The quantitative estimate of drug-likeness (QED) is 0.537. The predicted molar refractivity (Wildman–Crippen MR) is 46.3 cm³/mol. The number of ether oxygens (including phenoxy) is 1. The van der Waals surface area contributed by atoms with Crippen LogP contribution in [0.4, 0.5) is 39.5 Å². The van der Waals surface area contributed by atoms with Crippen molar-refractivity contribution in [3.05, 3.63) is 0 Å². The van der Waals surface area contributed by atoms with Crippen molar-refractivity contribution < 1.29 is 44.3 Å². The van der Waals surface area contributed by atoms with Crippen molar-refractivity contribution in [2.24, 2.45) is 5.41 Å². The standard InChI is InChI=1S/C9H11F9O/c1-2-3-4-19-5-6(7(10,11)12,8(13,14)15)9(16,17)18/h2-5H2,1H3. The van der Waals surface area contributed by atoms with E-state index in [0.717, 1.165) is 0 Å². The lowest BCUT2D eigenvalue weighted by Crippen LogP contribution is -2.62. The van der Waals surface area contributed by atoms with Gasteiger partial charge in [0.1, 0.15) is 0 Å². The van der Waals surface area contributed by atoms with Crippen LogP contribution in [0.5, 0.6) is 0 Å². The van der Waals surface area contributed by atoms with Gasteiger partial charge in [-0.2, -0.15) is 39.5 Å². The van der Waals surface area contributed by atoms with Crippen molar-refractivity contribution in [3.8, 4) is 0 Å². The van der Waals surface area contributed by atoms with Crippen LogP contribution in [0.25, 0.3) is 0 Å². The van der Waals surface area contributed by atoms with Crippen molar-refractivity contribution in [2.75, 3.05) is 13.2 Å². The molecular formula is C9H11F9O. The molecule has 0 heterocycles. The normalized spacial score (nSPS) is 14.8. The highest BCUT2D eigenvalue weighted by atomic mass is 19.4. The summed E-state index contributed by atoms with van der Waals surface area (Å²) < 4.78 is 115. The fraction of sp³-hybridized carbons (Fsp3) is 1.00. The van der Waals surface area contributed by atoms with E-state index < -0.39 is 37.2 Å². The zero-order valence-corrected chi connectivity index (χ0v) is 9.64. The van der Waals surface area contributed by atoms with E-state index in [4.69, 9.17) is 0 Å². The molecule has 0 radical (unpaired) electrons. The molecule has 0 aliphatic heterocycles. The molecule has 0 aliphatic rings. The summed E-state index contributed by atoms with van der Waals surface area (Å²) in [4.78, 5) is 0. The number of hydrogen-bond donors (Lipinski definition) is 0. The molecule has 0 fully saturated rings. The third kappa shape index (κ3) is 3.67. The van der Waals surface area contributed by atoms with E-state index >= 15 is 0 Å². The Hall–Kier alpha value is -0.670. The van der Waals surface area contributed by atoms with Crippen molar-refractivity contribution in [1.82, 2.24) is 0 Å². The zero-order chi connectivity index (χ0) is 15.5. The van der Waals surface area contributed by atoms with Gasteiger partial charge in [-0.15, -0.1) is 0 Å². The van der Waals surface area contributed by atoms with Crippen LogP contribution in [-0.2, 0) is 4.74 Å². The maximum atomic E-state index is 12.4. The van der Waals surface area contributed by atoms with Crippen LogP contribution in [0.1, 0.15) is 19.8 Å². The van der Waals surface area contributed by atoms with E-state index in [2.05, 4.69) is 4.74 Å². The minimum absolute atomic E-state index is 0.0592. The predicted octanol–water partition coefficient (Wildman–Crippen LogP) is 4.48. The largest absolute Gasteiger partial charge is 0.414 e. The first-order chi connectivity index (χ1) is 8.31. The first-order valence-corrected chi connectivity index (χ1v) is 5.09. The van der Waals surface area contributed by atoms with E-state index in [9.17, 15) is 39.5 Å². The van der Waals surface area contributed by atoms with Crippen molar-refractivity contribution in [3.63, 3.8) is 0 Å². The Morgan fingerprint density at radius 3 is 1.37 bits per heavy atom. The monoisotopic (exact) mass is 306 g/mol. The summed E-state index contributed by atoms with van der Waals surface area (Å²) in [6, 6.07) is 0. The Morgan fingerprint density at radius 2 is 1.11 bits per heavy atom. The Bertz CT molecular complexity index is 239. The second-order valence-electron chi connectivity index (χ2n) is 3.80. The topological polar surface area (TPSA) is 9.23 Å². The number of hydrogen-bond acceptors (Lipinski definition) is 1. The third-order valence-electron chi connectivity index (χ3n) is 2.41. The molecule has 0 N–H and O–H groups in total. The van der Waals surface area contributed by atoms with E-state index in [1.54, 1.807) is 6.92 Å². The summed E-state index contributed by atoms with van der Waals surface area (Å²) in [5, 5.41) is 0. The minimum atomic E-state index is -6.55. The van der Waals surface area contributed by atoms with E-state index in [1.165, 1.54) is 0 Å². The summed E-state index contributed by atoms with van der Waals surface area (Å²) in [6.07, 6.45) is -19.2. The number of unbranched alkanes of at least 4 members (excludes halogenated alkanes) is 1. The van der Waals surface area contributed by atoms with E-state index in [-0.39, 0.29) is 6.42 Å². The van der Waals surface area contributed by atoms with Gasteiger partial charge in [0.2, 0.25) is 0 Å². The van der Waals surface area contributed by atoms with Gasteiger partial charge in [0, 0.05) is 6.61 Å². The first-order valence-electron chi connectivity index (χ1n) is 5.09. The van der Waals surface area contributed by atoms with Crippen LogP contribution < -0.4 is 0 Å². The molecule has 0 aromatic rings. The molecule has 10 heteroatoms. The Morgan fingerprint density at radius 1 is 0.737 bits per heavy atom. The van der Waals surface area contributed by atoms with Crippen LogP contribution in [-0.4, -0.2) is 31.7 Å². The summed E-state index contributed by atoms with van der Waals surface area (Å²) in [6.45, 7) is -1.59. The molecule has 0 saturated carbocycles. The van der Waals surface area contributed by atoms with Crippen LogP contribution in [0.3, 0.4) is 0 Å². The lowest BCUT2D eigenvalue weighted by molar-refractivity contribution is -0.435. The molecule has 0 amide bonds. The van der Waals surface area contributed by atoms with Gasteiger partial charge in [0.15, 0.2) is 0 Å². The summed E-state index contributed by atoms with van der Waals surface area (Å²) in [5.74, 6) is 0. The van der Waals surface area contributed by atoms with E-state index in [1.807, 2.05) is 0 Å². The maximum absolute atomic E-state index is 12.4.